The highest BCUT2D eigenvalue weighted by molar-refractivity contribution is 6.80. The molecule has 0 saturated heterocycles. The predicted octanol–water partition coefficient (Wildman–Crippen LogP) is 4.53. The normalized spacial score (nSPS) is 13.0. The molecule has 0 aromatic heterocycles. The number of hydrogen-bond acceptors (Lipinski definition) is 1. The molecule has 1 atom stereocenters. The van der Waals surface area contributed by atoms with Crippen LogP contribution in [-0.2, 0) is 0 Å². The maximum Gasteiger partial charge on any atom is 0.167 e. The van der Waals surface area contributed by atoms with Crippen LogP contribution in [0.15, 0.2) is 60.7 Å². The van der Waals surface area contributed by atoms with Crippen molar-refractivity contribution in [3.05, 3.63) is 71.8 Å². The molecule has 1 nitrogen and oxygen atoms in total. The molecule has 0 aliphatic heterocycles. The van der Waals surface area contributed by atoms with Gasteiger partial charge in [0, 0.05) is 11.1 Å². The summed E-state index contributed by atoms with van der Waals surface area (Å²) >= 11 is 0. The fourth-order valence-corrected chi connectivity index (χ4v) is 4.60. The van der Waals surface area contributed by atoms with E-state index in [4.69, 9.17) is 0 Å². The molecule has 2 aromatic carbocycles. The Kier molecular flexibility index (Phi) is 4.01. The van der Waals surface area contributed by atoms with Gasteiger partial charge < -0.3 is 0 Å². The van der Waals surface area contributed by atoms with Crippen molar-refractivity contribution < 1.29 is 4.79 Å². The second-order valence-electron chi connectivity index (χ2n) is 5.94. The number of carbonyl (C=O) groups excluding carboxylic acids is 1. The number of Topliss-reactive ketones (excluding diaryl/α,β-unsaturated/α-hetero) is 1. The Hall–Kier alpha value is -1.67. The zero-order valence-corrected chi connectivity index (χ0v) is 12.8. The standard InChI is InChI=1S/C17H20OSi/c1-19(2,3)17(15-12-8-5-9-13-15)16(18)14-10-6-4-7-11-14/h4-13,17H,1-3H3. The Labute approximate surface area is 116 Å². The first-order chi connectivity index (χ1) is 9.00. The molecule has 0 aliphatic carbocycles. The lowest BCUT2D eigenvalue weighted by Crippen LogP contribution is -2.36. The zero-order chi connectivity index (χ0) is 13.9. The zero-order valence-electron chi connectivity index (χ0n) is 11.8. The summed E-state index contributed by atoms with van der Waals surface area (Å²) in [6.07, 6.45) is 0. The Morgan fingerprint density at radius 2 is 1.32 bits per heavy atom. The molecular weight excluding hydrogens is 248 g/mol. The van der Waals surface area contributed by atoms with E-state index in [0.29, 0.717) is 0 Å². The van der Waals surface area contributed by atoms with Gasteiger partial charge in [-0.05, 0) is 5.56 Å². The van der Waals surface area contributed by atoms with Gasteiger partial charge in [0.2, 0.25) is 0 Å². The third kappa shape index (κ3) is 3.21. The summed E-state index contributed by atoms with van der Waals surface area (Å²) in [5.74, 6) is 0.256. The highest BCUT2D eigenvalue weighted by atomic mass is 28.3. The average molecular weight is 268 g/mol. The van der Waals surface area contributed by atoms with Crippen molar-refractivity contribution in [2.75, 3.05) is 0 Å². The summed E-state index contributed by atoms with van der Waals surface area (Å²) in [5.41, 5.74) is 1.99. The van der Waals surface area contributed by atoms with E-state index in [1.54, 1.807) is 0 Å². The van der Waals surface area contributed by atoms with Crippen LogP contribution in [0.2, 0.25) is 19.6 Å². The van der Waals surface area contributed by atoms with Gasteiger partial charge in [0.1, 0.15) is 0 Å². The topological polar surface area (TPSA) is 17.1 Å². The van der Waals surface area contributed by atoms with Crippen LogP contribution in [0, 0.1) is 0 Å². The maximum atomic E-state index is 12.8. The predicted molar refractivity (Wildman–Crippen MR) is 83.3 cm³/mol. The minimum Gasteiger partial charge on any atom is -0.294 e. The first kappa shape index (κ1) is 13.8. The molecule has 0 N–H and O–H groups in total. The van der Waals surface area contributed by atoms with Gasteiger partial charge in [0.05, 0.1) is 8.07 Å². The molecule has 0 bridgehead atoms. The number of hydrogen-bond donors (Lipinski definition) is 0. The Morgan fingerprint density at radius 3 is 1.79 bits per heavy atom. The summed E-state index contributed by atoms with van der Waals surface area (Å²) in [4.78, 5) is 12.8. The van der Waals surface area contributed by atoms with Crippen molar-refractivity contribution in [3.8, 4) is 0 Å². The summed E-state index contributed by atoms with van der Waals surface area (Å²) < 4.78 is 0. The summed E-state index contributed by atoms with van der Waals surface area (Å²) in [6, 6.07) is 19.8. The van der Waals surface area contributed by atoms with Crippen molar-refractivity contribution >= 4 is 13.9 Å². The number of rotatable bonds is 4. The van der Waals surface area contributed by atoms with Crippen molar-refractivity contribution in [2.45, 2.75) is 25.2 Å². The van der Waals surface area contributed by atoms with E-state index in [-0.39, 0.29) is 11.3 Å². The first-order valence-electron chi connectivity index (χ1n) is 6.64. The van der Waals surface area contributed by atoms with Crippen molar-refractivity contribution in [1.29, 1.82) is 0 Å². The van der Waals surface area contributed by atoms with Gasteiger partial charge in [0.15, 0.2) is 5.78 Å². The van der Waals surface area contributed by atoms with Gasteiger partial charge in [-0.2, -0.15) is 0 Å². The van der Waals surface area contributed by atoms with Crippen molar-refractivity contribution in [3.63, 3.8) is 0 Å². The van der Waals surface area contributed by atoms with Gasteiger partial charge in [-0.25, -0.2) is 0 Å². The van der Waals surface area contributed by atoms with E-state index in [0.717, 1.165) is 11.1 Å². The molecule has 0 fully saturated rings. The van der Waals surface area contributed by atoms with Crippen molar-refractivity contribution in [2.24, 2.45) is 0 Å². The minimum absolute atomic E-state index is 0.0242. The molecule has 0 amide bonds. The fourth-order valence-electron chi connectivity index (χ4n) is 2.46. The van der Waals surface area contributed by atoms with Crippen LogP contribution < -0.4 is 0 Å². The van der Waals surface area contributed by atoms with E-state index < -0.39 is 8.07 Å². The number of carbonyl (C=O) groups is 1. The summed E-state index contributed by atoms with van der Waals surface area (Å²) in [6.45, 7) is 6.77. The first-order valence-corrected chi connectivity index (χ1v) is 10.2. The fraction of sp³-hybridized carbons (Fsp3) is 0.235. The molecule has 1 unspecified atom stereocenters. The third-order valence-corrected chi connectivity index (χ3v) is 5.65. The number of benzene rings is 2. The van der Waals surface area contributed by atoms with Crippen LogP contribution in [0.5, 0.6) is 0 Å². The molecule has 98 valence electrons. The highest BCUT2D eigenvalue weighted by Crippen LogP contribution is 2.30. The Morgan fingerprint density at radius 1 is 0.842 bits per heavy atom. The molecular formula is C17H20OSi. The van der Waals surface area contributed by atoms with Crippen LogP contribution in [0.4, 0.5) is 0 Å². The molecule has 0 heterocycles. The Balaban J connectivity index is 2.43. The van der Waals surface area contributed by atoms with Gasteiger partial charge in [-0.1, -0.05) is 80.3 Å². The molecule has 2 heteroatoms. The molecule has 0 spiro atoms. The van der Waals surface area contributed by atoms with E-state index in [1.807, 2.05) is 48.5 Å². The molecule has 19 heavy (non-hydrogen) atoms. The summed E-state index contributed by atoms with van der Waals surface area (Å²) in [5, 5.41) is 0. The molecule has 0 radical (unpaired) electrons. The van der Waals surface area contributed by atoms with Crippen LogP contribution >= 0.6 is 0 Å². The van der Waals surface area contributed by atoms with Gasteiger partial charge in [-0.3, -0.25) is 4.79 Å². The second-order valence-corrected chi connectivity index (χ2v) is 11.2. The molecule has 2 aromatic rings. The lowest BCUT2D eigenvalue weighted by atomic mass is 10.0. The summed E-state index contributed by atoms with van der Waals surface area (Å²) in [7, 11) is -1.62. The molecule has 0 aliphatic rings. The van der Waals surface area contributed by atoms with Gasteiger partial charge >= 0.3 is 0 Å². The van der Waals surface area contributed by atoms with Crippen LogP contribution in [0.1, 0.15) is 21.5 Å². The number of ketones is 1. The smallest absolute Gasteiger partial charge is 0.167 e. The van der Waals surface area contributed by atoms with Crippen LogP contribution in [0.3, 0.4) is 0 Å². The van der Waals surface area contributed by atoms with E-state index >= 15 is 0 Å². The Bertz CT molecular complexity index is 540. The van der Waals surface area contributed by atoms with Crippen LogP contribution in [-0.4, -0.2) is 13.9 Å². The van der Waals surface area contributed by atoms with E-state index in [2.05, 4.69) is 31.8 Å². The minimum atomic E-state index is -1.62. The quantitative estimate of drug-likeness (QED) is 0.588. The lowest BCUT2D eigenvalue weighted by molar-refractivity contribution is 0.0984. The average Bonchev–Trinajstić information content (AvgIpc) is 2.39. The van der Waals surface area contributed by atoms with Gasteiger partial charge in [0.25, 0.3) is 0 Å². The second kappa shape index (κ2) is 5.53. The maximum absolute atomic E-state index is 12.8. The molecule has 2 rings (SSSR count). The largest absolute Gasteiger partial charge is 0.294 e. The third-order valence-electron chi connectivity index (χ3n) is 3.32. The van der Waals surface area contributed by atoms with Crippen LogP contribution in [0.25, 0.3) is 0 Å². The van der Waals surface area contributed by atoms with Gasteiger partial charge in [-0.15, -0.1) is 0 Å². The van der Waals surface area contributed by atoms with E-state index in [1.165, 1.54) is 0 Å². The highest BCUT2D eigenvalue weighted by Gasteiger charge is 2.34. The SMILES string of the molecule is C[Si](C)(C)C(C(=O)c1ccccc1)c1ccccc1. The van der Waals surface area contributed by atoms with Crippen molar-refractivity contribution in [1.82, 2.24) is 0 Å². The van der Waals surface area contributed by atoms with E-state index in [9.17, 15) is 4.79 Å². The monoisotopic (exact) mass is 268 g/mol. The lowest BCUT2D eigenvalue weighted by Gasteiger charge is -2.28. The molecule has 0 saturated carbocycles.